The van der Waals surface area contributed by atoms with Crippen molar-refractivity contribution in [2.45, 2.75) is 0 Å². The molecule has 0 radical (unpaired) electrons. The minimum Gasteiger partial charge on any atom is -0.305 e. The molecule has 4 heteroatoms. The van der Waals surface area contributed by atoms with Crippen molar-refractivity contribution >= 4 is 11.3 Å². The molecule has 0 unspecified atom stereocenters. The maximum Gasteiger partial charge on any atom is 0.345 e. The quantitative estimate of drug-likeness (QED) is 0.719. The van der Waals surface area contributed by atoms with Crippen LogP contribution in [0.4, 0.5) is 0 Å². The van der Waals surface area contributed by atoms with Crippen LogP contribution < -0.4 is 5.69 Å². The predicted octanol–water partition coefficient (Wildman–Crippen LogP) is 1.50. The average Bonchev–Trinajstić information content (AvgIpc) is 2.56. The highest BCUT2D eigenvalue weighted by Crippen LogP contribution is 2.17. The monoisotopic (exact) mass is 178 g/mol. The van der Waals surface area contributed by atoms with Crippen LogP contribution in [0.3, 0.4) is 0 Å². The molecule has 0 aliphatic carbocycles. The molecule has 2 heterocycles. The Kier molecular flexibility index (Phi) is 1.75. The molecule has 3 nitrogen and oxygen atoms in total. The smallest absolute Gasteiger partial charge is 0.305 e. The summed E-state index contributed by atoms with van der Waals surface area (Å²) in [6.07, 6.45) is 1.51. The molecule has 0 spiro atoms. The molecule has 1 N–H and O–H groups in total. The van der Waals surface area contributed by atoms with Gasteiger partial charge in [0, 0.05) is 17.1 Å². The van der Waals surface area contributed by atoms with Crippen molar-refractivity contribution in [1.29, 1.82) is 0 Å². The molecule has 12 heavy (non-hydrogen) atoms. The first-order valence-electron chi connectivity index (χ1n) is 3.44. The molecular weight excluding hydrogens is 172 g/mol. The summed E-state index contributed by atoms with van der Waals surface area (Å²) < 4.78 is 0. The van der Waals surface area contributed by atoms with E-state index >= 15 is 0 Å². The van der Waals surface area contributed by atoms with Crippen LogP contribution in [0, 0.1) is 0 Å². The van der Waals surface area contributed by atoms with E-state index in [0.29, 0.717) is 0 Å². The maximum atomic E-state index is 10.8. The van der Waals surface area contributed by atoms with Crippen LogP contribution in [0.2, 0.25) is 0 Å². The van der Waals surface area contributed by atoms with Gasteiger partial charge in [0.05, 0.1) is 5.69 Å². The van der Waals surface area contributed by atoms with Gasteiger partial charge >= 0.3 is 5.69 Å². The second kappa shape index (κ2) is 2.91. The van der Waals surface area contributed by atoms with Crippen LogP contribution in [-0.4, -0.2) is 9.97 Å². The van der Waals surface area contributed by atoms with E-state index in [4.69, 9.17) is 0 Å². The van der Waals surface area contributed by atoms with Gasteiger partial charge in [-0.3, -0.25) is 0 Å². The third-order valence-electron chi connectivity index (χ3n) is 1.51. The number of nitrogens with one attached hydrogen (secondary N) is 1. The van der Waals surface area contributed by atoms with Crippen LogP contribution in [0.5, 0.6) is 0 Å². The SMILES string of the molecule is O=c1nccc(-c2ccsc2)[nH]1. The Hall–Kier alpha value is -1.42. The Labute approximate surface area is 72.7 Å². The van der Waals surface area contributed by atoms with E-state index in [0.717, 1.165) is 11.3 Å². The summed E-state index contributed by atoms with van der Waals surface area (Å²) in [5, 5.41) is 3.94. The standard InChI is InChI=1S/C8H6N2OS/c11-8-9-3-1-7(10-8)6-2-4-12-5-6/h1-5H,(H,9,10,11). The third kappa shape index (κ3) is 1.29. The molecule has 2 aromatic rings. The first-order chi connectivity index (χ1) is 5.86. The van der Waals surface area contributed by atoms with Gasteiger partial charge in [0.25, 0.3) is 0 Å². The van der Waals surface area contributed by atoms with E-state index in [1.54, 1.807) is 17.4 Å². The summed E-state index contributed by atoms with van der Waals surface area (Å²) >= 11 is 1.60. The molecule has 2 aromatic heterocycles. The van der Waals surface area contributed by atoms with Gasteiger partial charge in [-0.2, -0.15) is 11.3 Å². The molecule has 0 saturated carbocycles. The van der Waals surface area contributed by atoms with Crippen LogP contribution >= 0.6 is 11.3 Å². The number of hydrogen-bond donors (Lipinski definition) is 1. The lowest BCUT2D eigenvalue weighted by Gasteiger charge is -1.93. The van der Waals surface area contributed by atoms with Crippen molar-refractivity contribution in [2.75, 3.05) is 0 Å². The second-order valence-electron chi connectivity index (χ2n) is 2.30. The lowest BCUT2D eigenvalue weighted by molar-refractivity contribution is 1.08. The van der Waals surface area contributed by atoms with E-state index in [2.05, 4.69) is 9.97 Å². The fourth-order valence-electron chi connectivity index (χ4n) is 0.955. The van der Waals surface area contributed by atoms with Crippen molar-refractivity contribution in [2.24, 2.45) is 0 Å². The van der Waals surface area contributed by atoms with E-state index in [1.165, 1.54) is 6.20 Å². The lowest BCUT2D eigenvalue weighted by atomic mass is 10.2. The summed E-state index contributed by atoms with van der Waals surface area (Å²) in [6, 6.07) is 3.74. The molecule has 0 aromatic carbocycles. The van der Waals surface area contributed by atoms with Crippen molar-refractivity contribution in [3.63, 3.8) is 0 Å². The van der Waals surface area contributed by atoms with Gasteiger partial charge < -0.3 is 4.98 Å². The summed E-state index contributed by atoms with van der Waals surface area (Å²) in [6.45, 7) is 0. The highest BCUT2D eigenvalue weighted by molar-refractivity contribution is 7.08. The number of aromatic amines is 1. The highest BCUT2D eigenvalue weighted by atomic mass is 32.1. The van der Waals surface area contributed by atoms with E-state index < -0.39 is 0 Å². The molecule has 0 bridgehead atoms. The number of hydrogen-bond acceptors (Lipinski definition) is 3. The maximum absolute atomic E-state index is 10.8. The first-order valence-corrected chi connectivity index (χ1v) is 4.38. The summed E-state index contributed by atoms with van der Waals surface area (Å²) in [7, 11) is 0. The summed E-state index contributed by atoms with van der Waals surface area (Å²) in [5.41, 5.74) is 1.54. The van der Waals surface area contributed by atoms with Gasteiger partial charge in [-0.05, 0) is 17.5 Å². The zero-order valence-electron chi connectivity index (χ0n) is 6.15. The van der Waals surface area contributed by atoms with E-state index in [-0.39, 0.29) is 5.69 Å². The molecule has 0 aliphatic rings. The largest absolute Gasteiger partial charge is 0.345 e. The first kappa shape index (κ1) is 7.24. The lowest BCUT2D eigenvalue weighted by Crippen LogP contribution is -2.08. The van der Waals surface area contributed by atoms with E-state index in [1.807, 2.05) is 16.8 Å². The molecular formula is C8H6N2OS. The van der Waals surface area contributed by atoms with Crippen LogP contribution in [0.15, 0.2) is 33.9 Å². The molecule has 0 aliphatic heterocycles. The van der Waals surface area contributed by atoms with Gasteiger partial charge in [0.2, 0.25) is 0 Å². The Balaban J connectivity index is 2.55. The molecule has 0 atom stereocenters. The van der Waals surface area contributed by atoms with Crippen LogP contribution in [0.1, 0.15) is 0 Å². The second-order valence-corrected chi connectivity index (χ2v) is 3.08. The predicted molar refractivity (Wildman–Crippen MR) is 48.2 cm³/mol. The zero-order valence-corrected chi connectivity index (χ0v) is 6.97. The number of thiophene rings is 1. The van der Waals surface area contributed by atoms with Crippen LogP contribution in [0.25, 0.3) is 11.3 Å². The number of aromatic nitrogens is 2. The fourth-order valence-corrected chi connectivity index (χ4v) is 1.61. The topological polar surface area (TPSA) is 45.8 Å². The zero-order chi connectivity index (χ0) is 8.39. The highest BCUT2D eigenvalue weighted by Gasteiger charge is 1.96. The molecule has 2 rings (SSSR count). The molecule has 0 amide bonds. The molecule has 60 valence electrons. The Morgan fingerprint density at radius 2 is 2.33 bits per heavy atom. The van der Waals surface area contributed by atoms with Gasteiger partial charge in [-0.15, -0.1) is 0 Å². The van der Waals surface area contributed by atoms with Crippen molar-refractivity contribution in [3.8, 4) is 11.3 Å². The minimum absolute atomic E-state index is 0.307. The number of H-pyrrole nitrogens is 1. The Morgan fingerprint density at radius 1 is 1.42 bits per heavy atom. The van der Waals surface area contributed by atoms with Gasteiger partial charge in [0.15, 0.2) is 0 Å². The van der Waals surface area contributed by atoms with Crippen molar-refractivity contribution < 1.29 is 0 Å². The molecule has 0 fully saturated rings. The normalized spacial score (nSPS) is 10.0. The Bertz CT molecular complexity index is 419. The number of rotatable bonds is 1. The van der Waals surface area contributed by atoms with Crippen molar-refractivity contribution in [1.82, 2.24) is 9.97 Å². The van der Waals surface area contributed by atoms with E-state index in [9.17, 15) is 4.79 Å². The Morgan fingerprint density at radius 3 is 3.00 bits per heavy atom. The van der Waals surface area contributed by atoms with Gasteiger partial charge in [-0.25, -0.2) is 9.78 Å². The fraction of sp³-hybridized carbons (Fsp3) is 0. The average molecular weight is 178 g/mol. The molecule has 0 saturated heterocycles. The van der Waals surface area contributed by atoms with Gasteiger partial charge in [-0.1, -0.05) is 0 Å². The van der Waals surface area contributed by atoms with Crippen LogP contribution in [-0.2, 0) is 0 Å². The van der Waals surface area contributed by atoms with Crippen molar-refractivity contribution in [3.05, 3.63) is 39.6 Å². The third-order valence-corrected chi connectivity index (χ3v) is 2.19. The number of nitrogens with zero attached hydrogens (tertiary/aromatic N) is 1. The summed E-state index contributed by atoms with van der Waals surface area (Å²) in [5.74, 6) is 0. The summed E-state index contributed by atoms with van der Waals surface area (Å²) in [4.78, 5) is 17.0. The van der Waals surface area contributed by atoms with Gasteiger partial charge in [0.1, 0.15) is 0 Å². The minimum atomic E-state index is -0.307.